The first kappa shape index (κ1) is 17.9. The highest BCUT2D eigenvalue weighted by atomic mass is 16.3. The summed E-state index contributed by atoms with van der Waals surface area (Å²) in [4.78, 5) is 4.70. The third-order valence-corrected chi connectivity index (χ3v) is 7.01. The van der Waals surface area contributed by atoms with Gasteiger partial charge in [0, 0.05) is 33.8 Å². The molecule has 0 aliphatic rings. The van der Waals surface area contributed by atoms with E-state index >= 15 is 0 Å². The molecular formula is C31H18N2O. The van der Waals surface area contributed by atoms with E-state index in [0.29, 0.717) is 0 Å². The molecule has 3 heterocycles. The van der Waals surface area contributed by atoms with Crippen molar-refractivity contribution in [3.63, 3.8) is 0 Å². The Hall–Kier alpha value is -4.63. The fourth-order valence-corrected chi connectivity index (χ4v) is 5.56. The highest BCUT2D eigenvalue weighted by molar-refractivity contribution is 6.26. The molecule has 158 valence electrons. The van der Waals surface area contributed by atoms with Gasteiger partial charge in [0.25, 0.3) is 0 Å². The van der Waals surface area contributed by atoms with Crippen LogP contribution < -0.4 is 0 Å². The van der Waals surface area contributed by atoms with Gasteiger partial charge in [-0.2, -0.15) is 0 Å². The van der Waals surface area contributed by atoms with Crippen molar-refractivity contribution in [3.05, 3.63) is 109 Å². The summed E-state index contributed by atoms with van der Waals surface area (Å²) in [6.45, 7) is 0. The maximum atomic E-state index is 6.41. The zero-order valence-corrected chi connectivity index (χ0v) is 18.2. The van der Waals surface area contributed by atoms with Gasteiger partial charge in [-0.3, -0.25) is 4.57 Å². The number of rotatable bonds is 1. The summed E-state index contributed by atoms with van der Waals surface area (Å²) in [5.41, 5.74) is 4.05. The highest BCUT2D eigenvalue weighted by Crippen LogP contribution is 2.42. The Morgan fingerprint density at radius 2 is 1.26 bits per heavy atom. The van der Waals surface area contributed by atoms with E-state index in [0.717, 1.165) is 33.4 Å². The molecule has 0 bridgehead atoms. The van der Waals surface area contributed by atoms with Gasteiger partial charge in [-0.15, -0.1) is 0 Å². The molecule has 0 spiro atoms. The molecule has 3 aromatic heterocycles. The summed E-state index contributed by atoms with van der Waals surface area (Å²) in [6, 6.07) is 36.3. The molecule has 3 nitrogen and oxygen atoms in total. The fourth-order valence-electron chi connectivity index (χ4n) is 5.56. The predicted molar refractivity (Wildman–Crippen MR) is 141 cm³/mol. The van der Waals surface area contributed by atoms with Gasteiger partial charge in [-0.25, -0.2) is 4.98 Å². The molecule has 0 aliphatic carbocycles. The van der Waals surface area contributed by atoms with E-state index in [9.17, 15) is 0 Å². The first-order valence-electron chi connectivity index (χ1n) is 11.5. The molecule has 0 radical (unpaired) electrons. The zero-order valence-electron chi connectivity index (χ0n) is 18.2. The van der Waals surface area contributed by atoms with Crippen molar-refractivity contribution >= 4 is 65.3 Å². The van der Waals surface area contributed by atoms with Gasteiger partial charge in [0.1, 0.15) is 17.0 Å². The standard InChI is InChI=1S/C31H18N2O/c1-3-9-21-19(7-1)12-14-25-30(21)23-17-24-28(18-26(23)33(25)29-11-5-6-16-32-29)34-27-15-13-20-8-2-4-10-22(20)31(24)27/h1-18H. The molecule has 0 unspecified atom stereocenters. The van der Waals surface area contributed by atoms with Crippen molar-refractivity contribution in [3.8, 4) is 5.82 Å². The maximum Gasteiger partial charge on any atom is 0.137 e. The molecule has 8 rings (SSSR count). The molecular weight excluding hydrogens is 416 g/mol. The second-order valence-electron chi connectivity index (χ2n) is 8.83. The van der Waals surface area contributed by atoms with Gasteiger partial charge in [0.2, 0.25) is 0 Å². The molecule has 0 aliphatic heterocycles. The third kappa shape index (κ3) is 2.28. The van der Waals surface area contributed by atoms with Gasteiger partial charge in [-0.05, 0) is 51.9 Å². The minimum atomic E-state index is 0.892. The van der Waals surface area contributed by atoms with Crippen LogP contribution >= 0.6 is 0 Å². The predicted octanol–water partition coefficient (Wildman–Crippen LogP) is 8.38. The lowest BCUT2D eigenvalue weighted by molar-refractivity contribution is 0.669. The number of hydrogen-bond acceptors (Lipinski definition) is 2. The molecule has 0 atom stereocenters. The van der Waals surface area contributed by atoms with Crippen molar-refractivity contribution in [1.29, 1.82) is 0 Å². The lowest BCUT2D eigenvalue weighted by Gasteiger charge is -2.06. The van der Waals surface area contributed by atoms with E-state index < -0.39 is 0 Å². The average molecular weight is 434 g/mol. The van der Waals surface area contributed by atoms with E-state index in [2.05, 4.69) is 95.6 Å². The molecule has 0 saturated heterocycles. The molecule has 0 fully saturated rings. The summed E-state index contributed by atoms with van der Waals surface area (Å²) in [5, 5.41) is 9.70. The van der Waals surface area contributed by atoms with Crippen LogP contribution in [-0.4, -0.2) is 9.55 Å². The van der Waals surface area contributed by atoms with Gasteiger partial charge in [-0.1, -0.05) is 66.7 Å². The van der Waals surface area contributed by atoms with Crippen molar-refractivity contribution < 1.29 is 4.42 Å². The molecule has 8 aromatic rings. The Bertz CT molecular complexity index is 2060. The number of aromatic nitrogens is 2. The van der Waals surface area contributed by atoms with Crippen molar-refractivity contribution in [2.24, 2.45) is 0 Å². The van der Waals surface area contributed by atoms with Crippen LogP contribution in [0.4, 0.5) is 0 Å². The Kier molecular flexibility index (Phi) is 3.39. The lowest BCUT2D eigenvalue weighted by Crippen LogP contribution is -1.96. The number of nitrogens with zero attached hydrogens (tertiary/aromatic N) is 2. The van der Waals surface area contributed by atoms with E-state index in [4.69, 9.17) is 9.40 Å². The maximum absolute atomic E-state index is 6.41. The van der Waals surface area contributed by atoms with Crippen LogP contribution in [0.5, 0.6) is 0 Å². The monoisotopic (exact) mass is 434 g/mol. The number of hydrogen-bond donors (Lipinski definition) is 0. The SMILES string of the molecule is c1ccc(-n2c3cc4oc5ccc6ccccc6c5c4cc3c3c4ccccc4ccc32)nc1. The summed E-state index contributed by atoms with van der Waals surface area (Å²) >= 11 is 0. The Labute approximate surface area is 194 Å². The Balaban J connectivity index is 1.64. The van der Waals surface area contributed by atoms with Crippen LogP contribution in [0.2, 0.25) is 0 Å². The second-order valence-corrected chi connectivity index (χ2v) is 8.83. The zero-order chi connectivity index (χ0) is 22.2. The van der Waals surface area contributed by atoms with Gasteiger partial charge in [0.15, 0.2) is 0 Å². The Morgan fingerprint density at radius 3 is 2.06 bits per heavy atom. The molecule has 0 amide bonds. The Morgan fingerprint density at radius 1 is 0.529 bits per heavy atom. The summed E-state index contributed by atoms with van der Waals surface area (Å²) < 4.78 is 8.66. The van der Waals surface area contributed by atoms with Crippen LogP contribution in [0.25, 0.3) is 71.1 Å². The van der Waals surface area contributed by atoms with Gasteiger partial charge in [0.05, 0.1) is 11.0 Å². The molecule has 0 saturated carbocycles. The lowest BCUT2D eigenvalue weighted by atomic mass is 10.0. The third-order valence-electron chi connectivity index (χ3n) is 7.01. The molecule has 5 aromatic carbocycles. The summed E-state index contributed by atoms with van der Waals surface area (Å²) in [5.74, 6) is 0.902. The van der Waals surface area contributed by atoms with Crippen molar-refractivity contribution in [1.82, 2.24) is 9.55 Å². The largest absolute Gasteiger partial charge is 0.456 e. The first-order chi connectivity index (χ1) is 16.9. The topological polar surface area (TPSA) is 31.0 Å². The van der Waals surface area contributed by atoms with E-state index in [1.54, 1.807) is 0 Å². The molecule has 34 heavy (non-hydrogen) atoms. The molecule has 0 N–H and O–H groups in total. The van der Waals surface area contributed by atoms with Crippen molar-refractivity contribution in [2.45, 2.75) is 0 Å². The van der Waals surface area contributed by atoms with Crippen LogP contribution in [0.1, 0.15) is 0 Å². The van der Waals surface area contributed by atoms with Gasteiger partial charge < -0.3 is 4.42 Å². The number of pyridine rings is 1. The minimum absolute atomic E-state index is 0.892. The smallest absolute Gasteiger partial charge is 0.137 e. The van der Waals surface area contributed by atoms with Crippen molar-refractivity contribution in [2.75, 3.05) is 0 Å². The summed E-state index contributed by atoms with van der Waals surface area (Å²) in [6.07, 6.45) is 1.85. The highest BCUT2D eigenvalue weighted by Gasteiger charge is 2.19. The normalized spacial score (nSPS) is 12.1. The first-order valence-corrected chi connectivity index (χ1v) is 11.5. The number of fused-ring (bicyclic) bond motifs is 10. The minimum Gasteiger partial charge on any atom is -0.456 e. The van der Waals surface area contributed by atoms with E-state index in [-0.39, 0.29) is 0 Å². The number of benzene rings is 5. The average Bonchev–Trinajstić information content (AvgIpc) is 3.43. The van der Waals surface area contributed by atoms with Crippen LogP contribution in [0.15, 0.2) is 114 Å². The van der Waals surface area contributed by atoms with Crippen LogP contribution in [0.3, 0.4) is 0 Å². The second kappa shape index (κ2) is 6.46. The fraction of sp³-hybridized carbons (Fsp3) is 0. The van der Waals surface area contributed by atoms with E-state index in [1.807, 2.05) is 18.3 Å². The molecule has 3 heteroatoms. The summed E-state index contributed by atoms with van der Waals surface area (Å²) in [7, 11) is 0. The quantitative estimate of drug-likeness (QED) is 0.260. The number of furan rings is 1. The van der Waals surface area contributed by atoms with E-state index in [1.165, 1.54) is 37.7 Å². The van der Waals surface area contributed by atoms with Crippen LogP contribution in [-0.2, 0) is 0 Å². The van der Waals surface area contributed by atoms with Crippen LogP contribution in [0, 0.1) is 0 Å². The van der Waals surface area contributed by atoms with Gasteiger partial charge >= 0.3 is 0 Å².